The van der Waals surface area contributed by atoms with Crippen LogP contribution in [0.3, 0.4) is 0 Å². The molecule has 0 radical (unpaired) electrons. The highest BCUT2D eigenvalue weighted by molar-refractivity contribution is 7.80. The van der Waals surface area contributed by atoms with Crippen molar-refractivity contribution in [3.05, 3.63) is 64.7 Å². The van der Waals surface area contributed by atoms with Crippen molar-refractivity contribution in [2.45, 2.75) is 19.9 Å². The number of rotatable bonds is 4. The van der Waals surface area contributed by atoms with Crippen LogP contribution >= 0.6 is 23.8 Å². The Balaban J connectivity index is 2.06. The van der Waals surface area contributed by atoms with E-state index in [4.69, 9.17) is 23.8 Å². The van der Waals surface area contributed by atoms with Crippen LogP contribution in [-0.2, 0) is 0 Å². The molecule has 2 amide bonds. The van der Waals surface area contributed by atoms with Crippen LogP contribution in [0.4, 0.5) is 5.69 Å². The Morgan fingerprint density at radius 3 is 2.28 bits per heavy atom. The number of carbonyl (C=O) groups excluding carboxylic acids is 2. The molecule has 0 fully saturated rings. The molecule has 2 aromatic rings. The van der Waals surface area contributed by atoms with E-state index in [0.717, 1.165) is 0 Å². The molecule has 2 rings (SSSR count). The number of para-hydroxylation sites is 1. The predicted octanol–water partition coefficient (Wildman–Crippen LogP) is 3.61. The maximum atomic E-state index is 12.2. The standard InChI is InChI=1S/C18H18ClN3O2S/c1-11(2)20-17(24)14-5-3-4-6-15(14)21-18(25)22-16(23)12-7-9-13(19)10-8-12/h3-11H,1-2H3,(H,20,24)(H2,21,22,23,25). The lowest BCUT2D eigenvalue weighted by atomic mass is 10.1. The fourth-order valence-corrected chi connectivity index (χ4v) is 2.39. The van der Waals surface area contributed by atoms with Crippen molar-refractivity contribution in [3.8, 4) is 0 Å². The smallest absolute Gasteiger partial charge is 0.257 e. The molecule has 25 heavy (non-hydrogen) atoms. The second kappa shape index (κ2) is 8.60. The molecule has 0 aromatic heterocycles. The minimum absolute atomic E-state index is 0.0112. The SMILES string of the molecule is CC(C)NC(=O)c1ccccc1NC(=S)NC(=O)c1ccc(Cl)cc1. The third-order valence-electron chi connectivity index (χ3n) is 3.17. The number of anilines is 1. The number of halogens is 1. The maximum absolute atomic E-state index is 12.2. The fourth-order valence-electron chi connectivity index (χ4n) is 2.06. The van der Waals surface area contributed by atoms with E-state index in [1.54, 1.807) is 48.5 Å². The molecular weight excluding hydrogens is 358 g/mol. The van der Waals surface area contributed by atoms with Crippen molar-refractivity contribution >= 4 is 46.4 Å². The Morgan fingerprint density at radius 2 is 1.64 bits per heavy atom. The second-order valence-corrected chi connectivity index (χ2v) is 6.43. The van der Waals surface area contributed by atoms with Crippen molar-refractivity contribution < 1.29 is 9.59 Å². The summed E-state index contributed by atoms with van der Waals surface area (Å²) < 4.78 is 0. The number of amides is 2. The molecule has 0 saturated carbocycles. The lowest BCUT2D eigenvalue weighted by Gasteiger charge is -2.14. The zero-order chi connectivity index (χ0) is 18.4. The Labute approximate surface area is 156 Å². The maximum Gasteiger partial charge on any atom is 0.257 e. The van der Waals surface area contributed by atoms with E-state index in [1.807, 2.05) is 13.8 Å². The van der Waals surface area contributed by atoms with E-state index in [1.165, 1.54) is 0 Å². The van der Waals surface area contributed by atoms with Crippen LogP contribution in [0.1, 0.15) is 34.6 Å². The van der Waals surface area contributed by atoms with Gasteiger partial charge in [0.2, 0.25) is 0 Å². The second-order valence-electron chi connectivity index (χ2n) is 5.59. The molecule has 0 saturated heterocycles. The molecule has 0 spiro atoms. The van der Waals surface area contributed by atoms with Crippen LogP contribution in [0, 0.1) is 0 Å². The first-order valence-corrected chi connectivity index (χ1v) is 8.43. The van der Waals surface area contributed by atoms with E-state index in [-0.39, 0.29) is 23.0 Å². The highest BCUT2D eigenvalue weighted by Crippen LogP contribution is 2.15. The van der Waals surface area contributed by atoms with Crippen LogP contribution in [0.2, 0.25) is 5.02 Å². The summed E-state index contributed by atoms with van der Waals surface area (Å²) in [6, 6.07) is 13.4. The van der Waals surface area contributed by atoms with Crippen molar-refractivity contribution in [1.29, 1.82) is 0 Å². The summed E-state index contributed by atoms with van der Waals surface area (Å²) in [6.07, 6.45) is 0. The van der Waals surface area contributed by atoms with E-state index in [9.17, 15) is 9.59 Å². The van der Waals surface area contributed by atoms with Gasteiger partial charge in [-0.25, -0.2) is 0 Å². The van der Waals surface area contributed by atoms with Crippen LogP contribution in [-0.4, -0.2) is 23.0 Å². The van der Waals surface area contributed by atoms with Gasteiger partial charge >= 0.3 is 0 Å². The number of nitrogens with one attached hydrogen (secondary N) is 3. The summed E-state index contributed by atoms with van der Waals surface area (Å²) in [7, 11) is 0. The third-order valence-corrected chi connectivity index (χ3v) is 3.63. The molecule has 0 aliphatic heterocycles. The molecule has 0 bridgehead atoms. The van der Waals surface area contributed by atoms with E-state index in [0.29, 0.717) is 21.8 Å². The Morgan fingerprint density at radius 1 is 1.00 bits per heavy atom. The highest BCUT2D eigenvalue weighted by atomic mass is 35.5. The number of benzene rings is 2. The number of carbonyl (C=O) groups is 2. The average molecular weight is 376 g/mol. The summed E-state index contributed by atoms with van der Waals surface area (Å²) in [4.78, 5) is 24.4. The number of thiocarbonyl (C=S) groups is 1. The third kappa shape index (κ3) is 5.55. The quantitative estimate of drug-likeness (QED) is 0.714. The van der Waals surface area contributed by atoms with Crippen LogP contribution < -0.4 is 16.0 Å². The zero-order valence-electron chi connectivity index (χ0n) is 13.8. The van der Waals surface area contributed by atoms with Crippen molar-refractivity contribution in [3.63, 3.8) is 0 Å². The van der Waals surface area contributed by atoms with Crippen molar-refractivity contribution in [2.24, 2.45) is 0 Å². The van der Waals surface area contributed by atoms with Gasteiger partial charge in [-0.1, -0.05) is 23.7 Å². The summed E-state index contributed by atoms with van der Waals surface area (Å²) in [5, 5.41) is 8.93. The van der Waals surface area contributed by atoms with Gasteiger partial charge in [-0.3, -0.25) is 14.9 Å². The fraction of sp³-hybridized carbons (Fsp3) is 0.167. The van der Waals surface area contributed by atoms with Crippen LogP contribution in [0.5, 0.6) is 0 Å². The first-order valence-electron chi connectivity index (χ1n) is 7.64. The molecule has 0 atom stereocenters. The molecule has 7 heteroatoms. The van der Waals surface area contributed by atoms with Gasteiger partial charge < -0.3 is 10.6 Å². The van der Waals surface area contributed by atoms with Gasteiger partial charge in [0.05, 0.1) is 11.3 Å². The molecule has 3 N–H and O–H groups in total. The van der Waals surface area contributed by atoms with E-state index in [2.05, 4.69) is 16.0 Å². The molecule has 2 aromatic carbocycles. The molecular formula is C18H18ClN3O2S. The monoisotopic (exact) mass is 375 g/mol. The first kappa shape index (κ1) is 18.9. The lowest BCUT2D eigenvalue weighted by Crippen LogP contribution is -2.35. The Hall–Kier alpha value is -2.44. The largest absolute Gasteiger partial charge is 0.350 e. The van der Waals surface area contributed by atoms with Gasteiger partial charge in [-0.15, -0.1) is 0 Å². The summed E-state index contributed by atoms with van der Waals surface area (Å²) >= 11 is 11.0. The number of hydrogen-bond acceptors (Lipinski definition) is 3. The number of hydrogen-bond donors (Lipinski definition) is 3. The van der Waals surface area contributed by atoms with Gasteiger partial charge in [-0.2, -0.15) is 0 Å². The zero-order valence-corrected chi connectivity index (χ0v) is 15.4. The molecule has 5 nitrogen and oxygen atoms in total. The predicted molar refractivity (Wildman–Crippen MR) is 104 cm³/mol. The Bertz CT molecular complexity index is 791. The highest BCUT2D eigenvalue weighted by Gasteiger charge is 2.14. The topological polar surface area (TPSA) is 70.2 Å². The lowest BCUT2D eigenvalue weighted by molar-refractivity contribution is 0.0942. The summed E-state index contributed by atoms with van der Waals surface area (Å²) in [6.45, 7) is 3.76. The average Bonchev–Trinajstić information content (AvgIpc) is 2.55. The van der Waals surface area contributed by atoms with Gasteiger partial charge in [0.15, 0.2) is 5.11 Å². The van der Waals surface area contributed by atoms with Gasteiger partial charge in [-0.05, 0) is 62.5 Å². The van der Waals surface area contributed by atoms with Gasteiger partial charge in [0.25, 0.3) is 11.8 Å². The molecule has 0 heterocycles. The summed E-state index contributed by atoms with van der Waals surface area (Å²) in [5.74, 6) is -0.580. The van der Waals surface area contributed by atoms with E-state index >= 15 is 0 Å². The normalized spacial score (nSPS) is 10.2. The van der Waals surface area contributed by atoms with Crippen molar-refractivity contribution in [1.82, 2.24) is 10.6 Å². The minimum atomic E-state index is -0.363. The molecule has 0 unspecified atom stereocenters. The molecule has 0 aliphatic carbocycles. The van der Waals surface area contributed by atoms with Gasteiger partial charge in [0.1, 0.15) is 0 Å². The van der Waals surface area contributed by atoms with Crippen LogP contribution in [0.15, 0.2) is 48.5 Å². The summed E-state index contributed by atoms with van der Waals surface area (Å²) in [5.41, 5.74) is 1.39. The van der Waals surface area contributed by atoms with Crippen LogP contribution in [0.25, 0.3) is 0 Å². The van der Waals surface area contributed by atoms with Gasteiger partial charge in [0, 0.05) is 16.6 Å². The minimum Gasteiger partial charge on any atom is -0.350 e. The first-order chi connectivity index (χ1) is 11.9. The van der Waals surface area contributed by atoms with E-state index < -0.39 is 0 Å². The Kier molecular flexibility index (Phi) is 6.50. The molecule has 130 valence electrons. The molecule has 0 aliphatic rings. The van der Waals surface area contributed by atoms with Crippen molar-refractivity contribution in [2.75, 3.05) is 5.32 Å².